The monoisotopic (exact) mass is 270 g/mol. The van der Waals surface area contributed by atoms with Gasteiger partial charge in [-0.3, -0.25) is 4.98 Å². The maximum atomic E-state index is 10.1. The number of benzene rings is 1. The largest absolute Gasteiger partial charge is 0.392 e. The van der Waals surface area contributed by atoms with Gasteiger partial charge in [-0.05, 0) is 24.3 Å². The molecular weight excluding hydrogens is 256 g/mol. The van der Waals surface area contributed by atoms with Crippen molar-refractivity contribution in [1.29, 1.82) is 0 Å². The first-order chi connectivity index (χ1) is 9.31. The molecule has 0 saturated heterocycles. The zero-order valence-electron chi connectivity index (χ0n) is 10.4. The van der Waals surface area contributed by atoms with E-state index in [2.05, 4.69) is 16.0 Å². The number of hydrogen-bond acceptors (Lipinski definition) is 4. The van der Waals surface area contributed by atoms with Gasteiger partial charge in [0.25, 0.3) is 0 Å². The number of para-hydroxylation sites is 1. The van der Waals surface area contributed by atoms with Crippen molar-refractivity contribution >= 4 is 21.6 Å². The molecule has 4 heteroatoms. The van der Waals surface area contributed by atoms with Crippen LogP contribution in [0.2, 0.25) is 0 Å². The molecule has 0 aliphatic rings. The number of aliphatic hydroxyl groups excluding tert-OH is 1. The highest BCUT2D eigenvalue weighted by Gasteiger charge is 2.11. The summed E-state index contributed by atoms with van der Waals surface area (Å²) in [5, 5.41) is 11.1. The van der Waals surface area contributed by atoms with Crippen molar-refractivity contribution in [2.24, 2.45) is 0 Å². The Kier molecular flexibility index (Phi) is 3.53. The number of fused-ring (bicyclic) bond motifs is 1. The Morgan fingerprint density at radius 3 is 2.68 bits per heavy atom. The van der Waals surface area contributed by atoms with E-state index in [0.717, 1.165) is 16.2 Å². The first-order valence-electron chi connectivity index (χ1n) is 6.24. The summed E-state index contributed by atoms with van der Waals surface area (Å²) in [6.07, 6.45) is 2.46. The van der Waals surface area contributed by atoms with E-state index >= 15 is 0 Å². The number of pyridine rings is 1. The van der Waals surface area contributed by atoms with Crippen LogP contribution in [-0.2, 0) is 12.8 Å². The van der Waals surface area contributed by atoms with Crippen LogP contribution < -0.4 is 0 Å². The van der Waals surface area contributed by atoms with Gasteiger partial charge in [-0.1, -0.05) is 18.2 Å². The second-order valence-electron chi connectivity index (χ2n) is 4.46. The van der Waals surface area contributed by atoms with E-state index in [9.17, 15) is 5.11 Å². The quantitative estimate of drug-likeness (QED) is 0.793. The van der Waals surface area contributed by atoms with Crippen LogP contribution >= 0.6 is 11.3 Å². The maximum Gasteiger partial charge on any atom is 0.0964 e. The molecule has 0 aliphatic heterocycles. The lowest BCUT2D eigenvalue weighted by Gasteiger charge is -2.07. The molecule has 0 radical (unpaired) electrons. The molecule has 0 fully saturated rings. The molecule has 96 valence electrons. The fourth-order valence-electron chi connectivity index (χ4n) is 2.04. The van der Waals surface area contributed by atoms with Gasteiger partial charge in [0.2, 0.25) is 0 Å². The van der Waals surface area contributed by atoms with Crippen LogP contribution in [0, 0.1) is 0 Å². The number of aliphatic hydroxyl groups is 1. The third kappa shape index (κ3) is 2.97. The highest BCUT2D eigenvalue weighted by Crippen LogP contribution is 2.22. The molecule has 1 atom stereocenters. The van der Waals surface area contributed by atoms with Crippen molar-refractivity contribution in [1.82, 2.24) is 9.97 Å². The highest BCUT2D eigenvalue weighted by atomic mass is 32.1. The Bertz CT molecular complexity index is 633. The molecule has 3 nitrogen and oxygen atoms in total. The number of rotatable bonds is 4. The second kappa shape index (κ2) is 5.47. The van der Waals surface area contributed by atoms with Crippen molar-refractivity contribution in [3.63, 3.8) is 0 Å². The third-order valence-electron chi connectivity index (χ3n) is 2.92. The molecule has 1 unspecified atom stereocenters. The zero-order chi connectivity index (χ0) is 13.1. The van der Waals surface area contributed by atoms with Gasteiger partial charge in [-0.25, -0.2) is 4.98 Å². The topological polar surface area (TPSA) is 46.0 Å². The van der Waals surface area contributed by atoms with Gasteiger partial charge in [0, 0.05) is 24.7 Å². The molecule has 0 spiro atoms. The number of nitrogens with zero attached hydrogens (tertiary/aromatic N) is 2. The Labute approximate surface area is 115 Å². The fraction of sp³-hybridized carbons (Fsp3) is 0.200. The van der Waals surface area contributed by atoms with Gasteiger partial charge in [-0.2, -0.15) is 0 Å². The standard InChI is InChI=1S/C15H14N2OS/c18-12(9-11-5-3-4-8-16-11)10-15-17-13-6-1-2-7-14(13)19-15/h1-8,12,18H,9-10H2. The molecule has 19 heavy (non-hydrogen) atoms. The Balaban J connectivity index is 1.70. The van der Waals surface area contributed by atoms with Crippen LogP contribution in [0.25, 0.3) is 10.2 Å². The molecule has 0 aliphatic carbocycles. The normalized spacial score (nSPS) is 12.7. The van der Waals surface area contributed by atoms with Crippen LogP contribution in [0.3, 0.4) is 0 Å². The van der Waals surface area contributed by atoms with E-state index in [-0.39, 0.29) is 0 Å². The summed E-state index contributed by atoms with van der Waals surface area (Å²) >= 11 is 1.64. The first kappa shape index (κ1) is 12.3. The fourth-order valence-corrected chi connectivity index (χ4v) is 3.08. The average Bonchev–Trinajstić information content (AvgIpc) is 2.81. The number of thiazole rings is 1. The Morgan fingerprint density at radius 1 is 1.05 bits per heavy atom. The molecule has 1 N–H and O–H groups in total. The summed E-state index contributed by atoms with van der Waals surface area (Å²) in [5.41, 5.74) is 1.92. The van der Waals surface area contributed by atoms with Crippen molar-refractivity contribution in [3.05, 3.63) is 59.4 Å². The predicted octanol–water partition coefficient (Wildman–Crippen LogP) is 2.84. The average molecular weight is 270 g/mol. The van der Waals surface area contributed by atoms with Crippen LogP contribution in [0.15, 0.2) is 48.7 Å². The van der Waals surface area contributed by atoms with Gasteiger partial charge in [-0.15, -0.1) is 11.3 Å². The van der Waals surface area contributed by atoms with Crippen LogP contribution in [0.1, 0.15) is 10.7 Å². The van der Waals surface area contributed by atoms with Crippen LogP contribution in [-0.4, -0.2) is 21.2 Å². The smallest absolute Gasteiger partial charge is 0.0964 e. The summed E-state index contributed by atoms with van der Waals surface area (Å²) in [6.45, 7) is 0. The summed E-state index contributed by atoms with van der Waals surface area (Å²) in [4.78, 5) is 8.76. The van der Waals surface area contributed by atoms with Gasteiger partial charge < -0.3 is 5.11 Å². The van der Waals surface area contributed by atoms with E-state index < -0.39 is 6.10 Å². The highest BCUT2D eigenvalue weighted by molar-refractivity contribution is 7.18. The molecule has 1 aromatic carbocycles. The zero-order valence-corrected chi connectivity index (χ0v) is 11.2. The summed E-state index contributed by atoms with van der Waals surface area (Å²) in [7, 11) is 0. The summed E-state index contributed by atoms with van der Waals surface area (Å²) in [6, 6.07) is 13.8. The molecular formula is C15H14N2OS. The van der Waals surface area contributed by atoms with Crippen LogP contribution in [0.4, 0.5) is 0 Å². The SMILES string of the molecule is OC(Cc1ccccn1)Cc1nc2ccccc2s1. The molecule has 0 saturated carbocycles. The lowest BCUT2D eigenvalue weighted by atomic mass is 10.1. The van der Waals surface area contributed by atoms with E-state index in [1.54, 1.807) is 17.5 Å². The van der Waals surface area contributed by atoms with Crippen molar-refractivity contribution in [2.75, 3.05) is 0 Å². The minimum Gasteiger partial charge on any atom is -0.392 e. The first-order valence-corrected chi connectivity index (χ1v) is 7.05. The Morgan fingerprint density at radius 2 is 1.89 bits per heavy atom. The van der Waals surface area contributed by atoms with Gasteiger partial charge in [0.05, 0.1) is 21.3 Å². The molecule has 3 rings (SSSR count). The molecule has 0 amide bonds. The van der Waals surface area contributed by atoms with E-state index in [1.165, 1.54) is 4.70 Å². The minimum atomic E-state index is -0.435. The van der Waals surface area contributed by atoms with E-state index in [4.69, 9.17) is 0 Å². The second-order valence-corrected chi connectivity index (χ2v) is 5.57. The maximum absolute atomic E-state index is 10.1. The predicted molar refractivity (Wildman–Crippen MR) is 77.3 cm³/mol. The molecule has 2 heterocycles. The number of aromatic nitrogens is 2. The van der Waals surface area contributed by atoms with Crippen LogP contribution in [0.5, 0.6) is 0 Å². The summed E-state index contributed by atoms with van der Waals surface area (Å²) in [5.74, 6) is 0. The van der Waals surface area contributed by atoms with Crippen molar-refractivity contribution in [3.8, 4) is 0 Å². The van der Waals surface area contributed by atoms with Gasteiger partial charge in [0.15, 0.2) is 0 Å². The summed E-state index contributed by atoms with van der Waals surface area (Å²) < 4.78 is 1.17. The Hall–Kier alpha value is -1.78. The van der Waals surface area contributed by atoms with Crippen molar-refractivity contribution < 1.29 is 5.11 Å². The number of hydrogen-bond donors (Lipinski definition) is 1. The van der Waals surface area contributed by atoms with E-state index in [0.29, 0.717) is 12.8 Å². The van der Waals surface area contributed by atoms with E-state index in [1.807, 2.05) is 36.4 Å². The lowest BCUT2D eigenvalue weighted by Crippen LogP contribution is -2.14. The molecule has 0 bridgehead atoms. The molecule has 2 aromatic heterocycles. The molecule has 3 aromatic rings. The third-order valence-corrected chi connectivity index (χ3v) is 3.98. The van der Waals surface area contributed by atoms with Gasteiger partial charge in [0.1, 0.15) is 0 Å². The van der Waals surface area contributed by atoms with Gasteiger partial charge >= 0.3 is 0 Å². The van der Waals surface area contributed by atoms with Crippen molar-refractivity contribution in [2.45, 2.75) is 18.9 Å². The lowest BCUT2D eigenvalue weighted by molar-refractivity contribution is 0.174. The minimum absolute atomic E-state index is 0.435.